The second-order valence-electron chi connectivity index (χ2n) is 4.35. The van der Waals surface area contributed by atoms with Crippen LogP contribution in [0.1, 0.15) is 6.92 Å². The number of hydrogen-bond donors (Lipinski definition) is 2. The van der Waals surface area contributed by atoms with Gasteiger partial charge in [0.15, 0.2) is 6.10 Å². The summed E-state index contributed by atoms with van der Waals surface area (Å²) in [5, 5.41) is 6.60. The van der Waals surface area contributed by atoms with E-state index >= 15 is 0 Å². The molecule has 0 radical (unpaired) electrons. The van der Waals surface area contributed by atoms with Gasteiger partial charge in [-0.25, -0.2) is 0 Å². The van der Waals surface area contributed by atoms with Gasteiger partial charge in [0, 0.05) is 26.7 Å². The summed E-state index contributed by atoms with van der Waals surface area (Å²) in [6, 6.07) is 5.05. The van der Waals surface area contributed by atoms with Crippen molar-refractivity contribution < 1.29 is 14.3 Å². The minimum Gasteiger partial charge on any atom is -0.479 e. The summed E-state index contributed by atoms with van der Waals surface area (Å²) in [6.07, 6.45) is -0.653. The van der Waals surface area contributed by atoms with Crippen molar-refractivity contribution in [1.29, 1.82) is 0 Å². The molecule has 118 valence electrons. The smallest absolute Gasteiger partial charge is 0.260 e. The summed E-state index contributed by atoms with van der Waals surface area (Å²) in [5.41, 5.74) is 0. The first-order chi connectivity index (χ1) is 10.1. The molecule has 1 unspecified atom stereocenters. The standard InChI is InChI=1S/C14H20Cl2N2O3/c1-10(14(19)18-7-6-17-8-9-20-2)21-12-5-3-4-11(15)13(12)16/h3-5,10,17H,6-9H2,1-2H3,(H,18,19). The van der Waals surface area contributed by atoms with E-state index in [0.717, 1.165) is 6.54 Å². The Morgan fingerprint density at radius 1 is 1.29 bits per heavy atom. The molecule has 21 heavy (non-hydrogen) atoms. The number of amides is 1. The molecule has 0 aromatic heterocycles. The Bertz CT molecular complexity index is 458. The van der Waals surface area contributed by atoms with Crippen molar-refractivity contribution in [2.24, 2.45) is 0 Å². The van der Waals surface area contributed by atoms with Gasteiger partial charge in [-0.3, -0.25) is 4.79 Å². The first-order valence-electron chi connectivity index (χ1n) is 6.64. The van der Waals surface area contributed by atoms with Crippen LogP contribution in [0.5, 0.6) is 5.75 Å². The fraction of sp³-hybridized carbons (Fsp3) is 0.500. The number of ether oxygens (including phenoxy) is 2. The van der Waals surface area contributed by atoms with Crippen molar-refractivity contribution in [1.82, 2.24) is 10.6 Å². The SMILES string of the molecule is COCCNCCNC(=O)C(C)Oc1cccc(Cl)c1Cl. The molecule has 7 heteroatoms. The zero-order chi connectivity index (χ0) is 15.7. The number of benzene rings is 1. The monoisotopic (exact) mass is 334 g/mol. The molecule has 1 aromatic carbocycles. The van der Waals surface area contributed by atoms with E-state index in [1.807, 2.05) is 0 Å². The fourth-order valence-electron chi connectivity index (χ4n) is 1.54. The lowest BCUT2D eigenvalue weighted by atomic mass is 10.3. The number of halogens is 2. The van der Waals surface area contributed by atoms with Crippen molar-refractivity contribution in [3.63, 3.8) is 0 Å². The van der Waals surface area contributed by atoms with Gasteiger partial charge < -0.3 is 20.1 Å². The maximum absolute atomic E-state index is 11.9. The molecule has 0 saturated carbocycles. The van der Waals surface area contributed by atoms with Crippen LogP contribution in [0, 0.1) is 0 Å². The molecule has 1 amide bonds. The van der Waals surface area contributed by atoms with Gasteiger partial charge in [-0.1, -0.05) is 29.3 Å². The van der Waals surface area contributed by atoms with E-state index in [9.17, 15) is 4.79 Å². The third kappa shape index (κ3) is 6.52. The van der Waals surface area contributed by atoms with Crippen molar-refractivity contribution in [3.05, 3.63) is 28.2 Å². The Hall–Kier alpha value is -1.01. The van der Waals surface area contributed by atoms with Crippen LogP contribution in [-0.2, 0) is 9.53 Å². The van der Waals surface area contributed by atoms with Gasteiger partial charge in [-0.2, -0.15) is 0 Å². The van der Waals surface area contributed by atoms with Crippen LogP contribution in [0.4, 0.5) is 0 Å². The van der Waals surface area contributed by atoms with Crippen LogP contribution in [0.2, 0.25) is 10.0 Å². The first kappa shape index (κ1) is 18.0. The zero-order valence-corrected chi connectivity index (χ0v) is 13.6. The maximum atomic E-state index is 11.9. The highest BCUT2D eigenvalue weighted by atomic mass is 35.5. The fourth-order valence-corrected chi connectivity index (χ4v) is 1.87. The molecule has 0 aliphatic carbocycles. The number of carbonyl (C=O) groups excluding carboxylic acids is 1. The van der Waals surface area contributed by atoms with E-state index in [1.54, 1.807) is 32.2 Å². The van der Waals surface area contributed by atoms with E-state index in [4.69, 9.17) is 32.7 Å². The zero-order valence-electron chi connectivity index (χ0n) is 12.1. The van der Waals surface area contributed by atoms with Crippen LogP contribution in [0.25, 0.3) is 0 Å². The molecule has 0 spiro atoms. The molecule has 0 saturated heterocycles. The van der Waals surface area contributed by atoms with Crippen LogP contribution < -0.4 is 15.4 Å². The molecule has 0 bridgehead atoms. The molecular formula is C14H20Cl2N2O3. The van der Waals surface area contributed by atoms with E-state index in [1.165, 1.54) is 0 Å². The summed E-state index contributed by atoms with van der Waals surface area (Å²) in [6.45, 7) is 4.22. The van der Waals surface area contributed by atoms with Crippen molar-refractivity contribution in [3.8, 4) is 5.75 Å². The minimum atomic E-state index is -0.653. The van der Waals surface area contributed by atoms with Gasteiger partial charge in [0.1, 0.15) is 10.8 Å². The number of methoxy groups -OCH3 is 1. The predicted octanol–water partition coefficient (Wildman–Crippen LogP) is 2.11. The molecular weight excluding hydrogens is 315 g/mol. The molecule has 0 fully saturated rings. The lowest BCUT2D eigenvalue weighted by Crippen LogP contribution is -2.40. The van der Waals surface area contributed by atoms with Crippen LogP contribution in [0.3, 0.4) is 0 Å². The van der Waals surface area contributed by atoms with Gasteiger partial charge >= 0.3 is 0 Å². The molecule has 1 aromatic rings. The van der Waals surface area contributed by atoms with Gasteiger partial charge in [0.2, 0.25) is 0 Å². The lowest BCUT2D eigenvalue weighted by Gasteiger charge is -2.16. The number of rotatable bonds is 9. The van der Waals surface area contributed by atoms with Gasteiger partial charge in [0.25, 0.3) is 5.91 Å². The Balaban J connectivity index is 2.32. The molecule has 5 nitrogen and oxygen atoms in total. The topological polar surface area (TPSA) is 59.6 Å². The first-order valence-corrected chi connectivity index (χ1v) is 7.40. The van der Waals surface area contributed by atoms with E-state index in [-0.39, 0.29) is 5.91 Å². The van der Waals surface area contributed by atoms with Crippen LogP contribution in [0.15, 0.2) is 18.2 Å². The minimum absolute atomic E-state index is 0.209. The molecule has 0 aliphatic rings. The molecule has 0 aliphatic heterocycles. The van der Waals surface area contributed by atoms with Gasteiger partial charge in [0.05, 0.1) is 11.6 Å². The largest absolute Gasteiger partial charge is 0.479 e. The lowest BCUT2D eigenvalue weighted by molar-refractivity contribution is -0.127. The third-order valence-electron chi connectivity index (χ3n) is 2.67. The predicted molar refractivity (Wildman–Crippen MR) is 84.3 cm³/mol. The average Bonchev–Trinajstić information content (AvgIpc) is 2.47. The summed E-state index contributed by atoms with van der Waals surface area (Å²) in [4.78, 5) is 11.9. The number of hydrogen-bond acceptors (Lipinski definition) is 4. The molecule has 1 rings (SSSR count). The van der Waals surface area contributed by atoms with E-state index < -0.39 is 6.10 Å². The molecule has 0 heterocycles. The Morgan fingerprint density at radius 3 is 2.76 bits per heavy atom. The van der Waals surface area contributed by atoms with Crippen LogP contribution >= 0.6 is 23.2 Å². The Kier molecular flexibility index (Phi) is 8.45. The summed E-state index contributed by atoms with van der Waals surface area (Å²) < 4.78 is 10.4. The Morgan fingerprint density at radius 2 is 2.05 bits per heavy atom. The summed E-state index contributed by atoms with van der Waals surface area (Å²) >= 11 is 11.9. The highest BCUT2D eigenvalue weighted by Crippen LogP contribution is 2.31. The maximum Gasteiger partial charge on any atom is 0.260 e. The second-order valence-corrected chi connectivity index (χ2v) is 5.13. The molecule has 2 N–H and O–H groups in total. The highest BCUT2D eigenvalue weighted by molar-refractivity contribution is 6.42. The molecule has 1 atom stereocenters. The van der Waals surface area contributed by atoms with E-state index in [2.05, 4.69) is 10.6 Å². The summed E-state index contributed by atoms with van der Waals surface area (Å²) in [7, 11) is 1.64. The van der Waals surface area contributed by atoms with Crippen LogP contribution in [-0.4, -0.2) is 45.4 Å². The number of nitrogens with one attached hydrogen (secondary N) is 2. The highest BCUT2D eigenvalue weighted by Gasteiger charge is 2.16. The quantitative estimate of drug-likeness (QED) is 0.679. The van der Waals surface area contributed by atoms with Crippen molar-refractivity contribution in [2.45, 2.75) is 13.0 Å². The third-order valence-corrected chi connectivity index (χ3v) is 3.47. The van der Waals surface area contributed by atoms with E-state index in [0.29, 0.717) is 35.5 Å². The normalized spacial score (nSPS) is 12.0. The van der Waals surface area contributed by atoms with Crippen molar-refractivity contribution >= 4 is 29.1 Å². The Labute approximate surface area is 134 Å². The van der Waals surface area contributed by atoms with Gasteiger partial charge in [-0.15, -0.1) is 0 Å². The number of carbonyl (C=O) groups is 1. The second kappa shape index (κ2) is 9.84. The van der Waals surface area contributed by atoms with Crippen molar-refractivity contribution in [2.75, 3.05) is 33.4 Å². The van der Waals surface area contributed by atoms with Gasteiger partial charge in [-0.05, 0) is 19.1 Å². The average molecular weight is 335 g/mol. The summed E-state index contributed by atoms with van der Waals surface area (Å²) in [5.74, 6) is 0.185.